The number of rotatable bonds is 3. The van der Waals surface area contributed by atoms with Gasteiger partial charge in [-0.1, -0.05) is 6.07 Å². The quantitative estimate of drug-likeness (QED) is 0.838. The molecule has 2 N–H and O–H groups in total. The Morgan fingerprint density at radius 1 is 1.24 bits per heavy atom. The van der Waals surface area contributed by atoms with Crippen molar-refractivity contribution in [2.45, 2.75) is 25.7 Å². The molecule has 1 aliphatic carbocycles. The zero-order valence-electron chi connectivity index (χ0n) is 9.35. The van der Waals surface area contributed by atoms with E-state index in [1.165, 1.54) is 0 Å². The third-order valence-electron chi connectivity index (χ3n) is 3.25. The molecule has 1 unspecified atom stereocenters. The minimum atomic E-state index is -0.916. The number of aryl methyl sites for hydroxylation is 1. The van der Waals surface area contributed by atoms with Crippen molar-refractivity contribution in [1.82, 2.24) is 0 Å². The van der Waals surface area contributed by atoms with Gasteiger partial charge in [-0.05, 0) is 48.4 Å². The average molecular weight is 234 g/mol. The Morgan fingerprint density at radius 2 is 2.00 bits per heavy atom. The highest BCUT2D eigenvalue weighted by Crippen LogP contribution is 2.28. The number of carbonyl (C=O) groups is 2. The summed E-state index contributed by atoms with van der Waals surface area (Å²) in [5.74, 6) is -1.50. The lowest BCUT2D eigenvalue weighted by molar-refractivity contribution is -0.138. The fourth-order valence-corrected chi connectivity index (χ4v) is 2.38. The Labute approximate surface area is 98.9 Å². The topological polar surface area (TPSA) is 74.6 Å². The van der Waals surface area contributed by atoms with Crippen LogP contribution in [0, 0.1) is 5.92 Å². The Morgan fingerprint density at radius 3 is 2.65 bits per heavy atom. The van der Waals surface area contributed by atoms with Gasteiger partial charge in [-0.25, -0.2) is 4.79 Å². The Balaban J connectivity index is 2.17. The van der Waals surface area contributed by atoms with Gasteiger partial charge in [0.15, 0.2) is 0 Å². The van der Waals surface area contributed by atoms with Crippen LogP contribution in [0.25, 0.3) is 0 Å². The molecule has 0 bridgehead atoms. The standard InChI is InChI=1S/C13H14O4/c14-12(15)6-8-1-2-10-7-11(13(16)17)4-3-9(10)5-8/h3-4,7-8H,1-2,5-6H2,(H,14,15)(H,16,17). The Hall–Kier alpha value is -1.84. The first-order valence-corrected chi connectivity index (χ1v) is 5.63. The van der Waals surface area contributed by atoms with Crippen molar-refractivity contribution in [2.75, 3.05) is 0 Å². The van der Waals surface area contributed by atoms with Crippen molar-refractivity contribution in [3.63, 3.8) is 0 Å². The van der Waals surface area contributed by atoms with Crippen LogP contribution >= 0.6 is 0 Å². The molecular formula is C13H14O4. The highest BCUT2D eigenvalue weighted by molar-refractivity contribution is 5.87. The number of hydrogen-bond acceptors (Lipinski definition) is 2. The van der Waals surface area contributed by atoms with Gasteiger partial charge in [0.2, 0.25) is 0 Å². The molecule has 0 aliphatic heterocycles. The van der Waals surface area contributed by atoms with Gasteiger partial charge in [-0.3, -0.25) is 4.79 Å². The predicted octanol–water partition coefficient (Wildman–Crippen LogP) is 1.96. The van der Waals surface area contributed by atoms with E-state index in [0.29, 0.717) is 5.56 Å². The van der Waals surface area contributed by atoms with E-state index in [4.69, 9.17) is 10.2 Å². The van der Waals surface area contributed by atoms with Crippen molar-refractivity contribution in [3.05, 3.63) is 34.9 Å². The van der Waals surface area contributed by atoms with E-state index in [1.807, 2.05) is 6.07 Å². The first kappa shape index (κ1) is 11.6. The largest absolute Gasteiger partial charge is 0.481 e. The zero-order valence-corrected chi connectivity index (χ0v) is 9.35. The summed E-state index contributed by atoms with van der Waals surface area (Å²) >= 11 is 0. The second kappa shape index (κ2) is 4.57. The molecule has 90 valence electrons. The van der Waals surface area contributed by atoms with E-state index in [0.717, 1.165) is 30.4 Å². The van der Waals surface area contributed by atoms with E-state index in [-0.39, 0.29) is 12.3 Å². The lowest BCUT2D eigenvalue weighted by atomic mass is 9.81. The molecule has 0 heterocycles. The van der Waals surface area contributed by atoms with Crippen LogP contribution in [-0.4, -0.2) is 22.2 Å². The maximum Gasteiger partial charge on any atom is 0.335 e. The molecule has 17 heavy (non-hydrogen) atoms. The lowest BCUT2D eigenvalue weighted by Crippen LogP contribution is -2.18. The van der Waals surface area contributed by atoms with E-state index < -0.39 is 11.9 Å². The van der Waals surface area contributed by atoms with Gasteiger partial charge in [0, 0.05) is 6.42 Å². The van der Waals surface area contributed by atoms with Gasteiger partial charge in [-0.2, -0.15) is 0 Å². The summed E-state index contributed by atoms with van der Waals surface area (Å²) in [4.78, 5) is 21.5. The average Bonchev–Trinajstić information content (AvgIpc) is 2.27. The zero-order chi connectivity index (χ0) is 12.4. The van der Waals surface area contributed by atoms with Crippen molar-refractivity contribution < 1.29 is 19.8 Å². The molecule has 0 radical (unpaired) electrons. The van der Waals surface area contributed by atoms with Gasteiger partial charge in [0.05, 0.1) is 5.56 Å². The van der Waals surface area contributed by atoms with Gasteiger partial charge in [0.1, 0.15) is 0 Å². The summed E-state index contributed by atoms with van der Waals surface area (Å²) in [5, 5.41) is 17.6. The normalized spacial score (nSPS) is 18.5. The number of aliphatic carboxylic acids is 1. The van der Waals surface area contributed by atoms with Crippen LogP contribution in [0.5, 0.6) is 0 Å². The molecule has 1 atom stereocenters. The molecule has 0 amide bonds. The Kier molecular flexibility index (Phi) is 3.13. The van der Waals surface area contributed by atoms with Gasteiger partial charge in [-0.15, -0.1) is 0 Å². The van der Waals surface area contributed by atoms with Crippen LogP contribution in [0.3, 0.4) is 0 Å². The van der Waals surface area contributed by atoms with E-state index in [9.17, 15) is 9.59 Å². The van der Waals surface area contributed by atoms with Crippen molar-refractivity contribution in [2.24, 2.45) is 5.92 Å². The van der Waals surface area contributed by atoms with Crippen LogP contribution in [0.15, 0.2) is 18.2 Å². The molecule has 1 aromatic rings. The molecule has 0 saturated heterocycles. The molecule has 4 heteroatoms. The van der Waals surface area contributed by atoms with Gasteiger partial charge in [0.25, 0.3) is 0 Å². The van der Waals surface area contributed by atoms with Crippen LogP contribution in [-0.2, 0) is 17.6 Å². The highest BCUT2D eigenvalue weighted by Gasteiger charge is 2.21. The first-order chi connectivity index (χ1) is 8.06. The minimum absolute atomic E-state index is 0.177. The van der Waals surface area contributed by atoms with Gasteiger partial charge >= 0.3 is 11.9 Å². The molecule has 1 aromatic carbocycles. The van der Waals surface area contributed by atoms with Crippen molar-refractivity contribution >= 4 is 11.9 Å². The lowest BCUT2D eigenvalue weighted by Gasteiger charge is -2.23. The molecule has 4 nitrogen and oxygen atoms in total. The van der Waals surface area contributed by atoms with Crippen LogP contribution < -0.4 is 0 Å². The summed E-state index contributed by atoms with van der Waals surface area (Å²) < 4.78 is 0. The van der Waals surface area contributed by atoms with Crippen LogP contribution in [0.1, 0.15) is 34.3 Å². The number of carboxylic acid groups (broad SMARTS) is 2. The number of hydrogen-bond donors (Lipinski definition) is 2. The molecule has 0 saturated carbocycles. The molecule has 0 fully saturated rings. The Bertz CT molecular complexity index is 464. The summed E-state index contributed by atoms with van der Waals surface area (Å²) in [6.07, 6.45) is 2.53. The maximum absolute atomic E-state index is 10.8. The molecular weight excluding hydrogens is 220 g/mol. The monoisotopic (exact) mass is 234 g/mol. The maximum atomic E-state index is 10.8. The fourth-order valence-electron chi connectivity index (χ4n) is 2.38. The third-order valence-corrected chi connectivity index (χ3v) is 3.25. The second-order valence-corrected chi connectivity index (χ2v) is 4.50. The second-order valence-electron chi connectivity index (χ2n) is 4.50. The number of fused-ring (bicyclic) bond motifs is 1. The summed E-state index contributed by atoms with van der Waals surface area (Å²) in [7, 11) is 0. The molecule has 0 aromatic heterocycles. The van der Waals surface area contributed by atoms with E-state index in [1.54, 1.807) is 12.1 Å². The third kappa shape index (κ3) is 2.64. The molecule has 0 spiro atoms. The molecule has 2 rings (SSSR count). The summed E-state index contributed by atoms with van der Waals surface area (Å²) in [6, 6.07) is 5.10. The predicted molar refractivity (Wildman–Crippen MR) is 61.2 cm³/mol. The smallest absolute Gasteiger partial charge is 0.335 e. The molecule has 1 aliphatic rings. The SMILES string of the molecule is O=C(O)CC1CCc2cc(C(=O)O)ccc2C1. The summed E-state index contributed by atoms with van der Waals surface area (Å²) in [5.41, 5.74) is 2.44. The van der Waals surface area contributed by atoms with Crippen molar-refractivity contribution in [1.29, 1.82) is 0 Å². The highest BCUT2D eigenvalue weighted by atomic mass is 16.4. The summed E-state index contributed by atoms with van der Waals surface area (Å²) in [6.45, 7) is 0. The van der Waals surface area contributed by atoms with Crippen molar-refractivity contribution in [3.8, 4) is 0 Å². The number of aromatic carboxylic acids is 1. The van der Waals surface area contributed by atoms with E-state index in [2.05, 4.69) is 0 Å². The van der Waals surface area contributed by atoms with Crippen LogP contribution in [0.2, 0.25) is 0 Å². The number of benzene rings is 1. The minimum Gasteiger partial charge on any atom is -0.481 e. The van der Waals surface area contributed by atoms with Crippen LogP contribution in [0.4, 0.5) is 0 Å². The van der Waals surface area contributed by atoms with E-state index >= 15 is 0 Å². The van der Waals surface area contributed by atoms with Gasteiger partial charge < -0.3 is 10.2 Å². The first-order valence-electron chi connectivity index (χ1n) is 5.63. The fraction of sp³-hybridized carbons (Fsp3) is 0.385. The number of carboxylic acids is 2.